The molecule has 7 nitrogen and oxygen atoms in total. The lowest BCUT2D eigenvalue weighted by atomic mass is 9.94. The lowest BCUT2D eigenvalue weighted by Gasteiger charge is -2.31. The predicted molar refractivity (Wildman–Crippen MR) is 92.5 cm³/mol. The Bertz CT molecular complexity index is 757. The highest BCUT2D eigenvalue weighted by Gasteiger charge is 2.44. The van der Waals surface area contributed by atoms with E-state index in [1.165, 1.54) is 4.90 Å². The number of nitrogens with one attached hydrogen (secondary N) is 1. The third-order valence-electron chi connectivity index (χ3n) is 4.76. The molecule has 1 unspecified atom stereocenters. The van der Waals surface area contributed by atoms with Crippen LogP contribution < -0.4 is 14.8 Å². The van der Waals surface area contributed by atoms with E-state index in [1.807, 2.05) is 26.0 Å². The van der Waals surface area contributed by atoms with Crippen molar-refractivity contribution < 1.29 is 19.1 Å². The van der Waals surface area contributed by atoms with Gasteiger partial charge in [0.15, 0.2) is 11.5 Å². The zero-order valence-electron chi connectivity index (χ0n) is 15.1. The summed E-state index contributed by atoms with van der Waals surface area (Å²) in [5.41, 5.74) is 2.02. The van der Waals surface area contributed by atoms with E-state index < -0.39 is 6.04 Å². The molecule has 25 heavy (non-hydrogen) atoms. The topological polar surface area (TPSA) is 71.1 Å². The Morgan fingerprint density at radius 1 is 1.20 bits per heavy atom. The molecule has 3 amide bonds. The van der Waals surface area contributed by atoms with Crippen molar-refractivity contribution in [3.63, 3.8) is 0 Å². The summed E-state index contributed by atoms with van der Waals surface area (Å²) in [7, 11) is 4.78. The number of carbonyl (C=O) groups excluding carboxylic acids is 2. The molecule has 0 saturated heterocycles. The predicted octanol–water partition coefficient (Wildman–Crippen LogP) is 1.90. The number of rotatable bonds is 4. The molecule has 0 bridgehead atoms. The molecule has 0 radical (unpaired) electrons. The Labute approximate surface area is 147 Å². The van der Waals surface area contributed by atoms with Gasteiger partial charge < -0.3 is 19.7 Å². The summed E-state index contributed by atoms with van der Waals surface area (Å²) in [6, 6.07) is 4.68. The molecular weight excluding hydrogens is 322 g/mol. The zero-order chi connectivity index (χ0) is 18.3. The van der Waals surface area contributed by atoms with Gasteiger partial charge in [-0.1, -0.05) is 12.1 Å². The highest BCUT2D eigenvalue weighted by Crippen LogP contribution is 2.42. The number of urea groups is 1. The molecule has 3 rings (SSSR count). The van der Waals surface area contributed by atoms with E-state index in [-0.39, 0.29) is 18.0 Å². The Hall–Kier alpha value is -2.70. The van der Waals surface area contributed by atoms with Gasteiger partial charge in [0, 0.05) is 18.7 Å². The van der Waals surface area contributed by atoms with E-state index >= 15 is 0 Å². The second-order valence-corrected chi connectivity index (χ2v) is 6.41. The lowest BCUT2D eigenvalue weighted by molar-refractivity contribution is -0.127. The van der Waals surface area contributed by atoms with Crippen molar-refractivity contribution >= 4 is 11.9 Å². The summed E-state index contributed by atoms with van der Waals surface area (Å²) in [5, 5.41) is 2.92. The molecule has 2 aliphatic heterocycles. The van der Waals surface area contributed by atoms with Gasteiger partial charge in [0.25, 0.3) is 5.91 Å². The first-order valence-electron chi connectivity index (χ1n) is 8.19. The van der Waals surface area contributed by atoms with Crippen LogP contribution in [0.5, 0.6) is 11.5 Å². The fraction of sp³-hybridized carbons (Fsp3) is 0.444. The van der Waals surface area contributed by atoms with Crippen LogP contribution in [0.25, 0.3) is 0 Å². The largest absolute Gasteiger partial charge is 0.493 e. The second kappa shape index (κ2) is 6.31. The number of ether oxygens (including phenoxy) is 2. The Balaban J connectivity index is 2.14. The van der Waals surface area contributed by atoms with Crippen molar-refractivity contribution in [3.05, 3.63) is 35.0 Å². The summed E-state index contributed by atoms with van der Waals surface area (Å²) >= 11 is 0. The summed E-state index contributed by atoms with van der Waals surface area (Å²) in [6.45, 7) is 4.36. The summed E-state index contributed by atoms with van der Waals surface area (Å²) < 4.78 is 10.9. The van der Waals surface area contributed by atoms with Crippen molar-refractivity contribution in [1.82, 2.24) is 15.1 Å². The van der Waals surface area contributed by atoms with Gasteiger partial charge in [-0.3, -0.25) is 9.69 Å². The fourth-order valence-electron chi connectivity index (χ4n) is 3.38. The van der Waals surface area contributed by atoms with Crippen molar-refractivity contribution in [2.75, 3.05) is 27.8 Å². The summed E-state index contributed by atoms with van der Waals surface area (Å²) in [4.78, 5) is 28.7. The molecule has 1 N–H and O–H groups in total. The Morgan fingerprint density at radius 3 is 2.52 bits per heavy atom. The number of para-hydroxylation sites is 1. The number of likely N-dealkylation sites (N-methyl/N-ethyl adjacent to an activating group) is 1. The zero-order valence-corrected chi connectivity index (χ0v) is 15.1. The summed E-state index contributed by atoms with van der Waals surface area (Å²) in [6.07, 6.45) is 0. The smallest absolute Gasteiger partial charge is 0.322 e. The van der Waals surface area contributed by atoms with Crippen molar-refractivity contribution in [1.29, 1.82) is 0 Å². The van der Waals surface area contributed by atoms with Gasteiger partial charge in [-0.15, -0.1) is 0 Å². The molecule has 0 spiro atoms. The number of methoxy groups -OCH3 is 2. The van der Waals surface area contributed by atoms with Gasteiger partial charge in [-0.05, 0) is 19.9 Å². The van der Waals surface area contributed by atoms with Gasteiger partial charge in [0.2, 0.25) is 0 Å². The van der Waals surface area contributed by atoms with Gasteiger partial charge in [-0.25, -0.2) is 4.79 Å². The molecule has 7 heteroatoms. The number of benzene rings is 1. The fourth-order valence-corrected chi connectivity index (χ4v) is 3.38. The Morgan fingerprint density at radius 2 is 1.92 bits per heavy atom. The van der Waals surface area contributed by atoms with E-state index in [0.29, 0.717) is 29.2 Å². The van der Waals surface area contributed by atoms with Crippen LogP contribution in [0, 0.1) is 0 Å². The molecule has 0 saturated carbocycles. The molecule has 0 fully saturated rings. The van der Waals surface area contributed by atoms with Crippen molar-refractivity contribution in [2.24, 2.45) is 0 Å². The number of amides is 3. The van der Waals surface area contributed by atoms with E-state index in [2.05, 4.69) is 5.32 Å². The maximum absolute atomic E-state index is 13.0. The lowest BCUT2D eigenvalue weighted by Crippen LogP contribution is -2.45. The normalized spacial score (nSPS) is 20.2. The van der Waals surface area contributed by atoms with E-state index in [9.17, 15) is 9.59 Å². The quantitative estimate of drug-likeness (QED) is 0.905. The van der Waals surface area contributed by atoms with Crippen LogP contribution >= 0.6 is 0 Å². The number of hydrogen-bond acceptors (Lipinski definition) is 4. The van der Waals surface area contributed by atoms with Crippen LogP contribution in [0.1, 0.15) is 25.5 Å². The molecular formula is C18H23N3O4. The van der Waals surface area contributed by atoms with Gasteiger partial charge >= 0.3 is 6.03 Å². The molecule has 134 valence electrons. The van der Waals surface area contributed by atoms with Gasteiger partial charge in [0.05, 0.1) is 38.1 Å². The van der Waals surface area contributed by atoms with Gasteiger partial charge in [-0.2, -0.15) is 0 Å². The first kappa shape index (κ1) is 17.1. The van der Waals surface area contributed by atoms with Crippen LogP contribution in [0.2, 0.25) is 0 Å². The van der Waals surface area contributed by atoms with Gasteiger partial charge in [0.1, 0.15) is 0 Å². The van der Waals surface area contributed by atoms with Crippen LogP contribution in [-0.2, 0) is 4.79 Å². The number of carbonyl (C=O) groups is 2. The maximum Gasteiger partial charge on any atom is 0.322 e. The van der Waals surface area contributed by atoms with E-state index in [0.717, 1.165) is 5.70 Å². The highest BCUT2D eigenvalue weighted by molar-refractivity contribution is 6.01. The molecule has 1 aromatic carbocycles. The van der Waals surface area contributed by atoms with E-state index in [1.54, 1.807) is 32.2 Å². The molecule has 2 aliphatic rings. The van der Waals surface area contributed by atoms with Crippen molar-refractivity contribution in [2.45, 2.75) is 25.9 Å². The van der Waals surface area contributed by atoms with Crippen LogP contribution in [-0.4, -0.2) is 55.6 Å². The number of hydrogen-bond donors (Lipinski definition) is 1. The van der Waals surface area contributed by atoms with Crippen LogP contribution in [0.4, 0.5) is 4.79 Å². The minimum absolute atomic E-state index is 0.0504. The monoisotopic (exact) mass is 345 g/mol. The first-order chi connectivity index (χ1) is 11.9. The average Bonchev–Trinajstić information content (AvgIpc) is 2.95. The van der Waals surface area contributed by atoms with E-state index in [4.69, 9.17) is 9.47 Å². The molecule has 0 aromatic heterocycles. The molecule has 0 aliphatic carbocycles. The Kier molecular flexibility index (Phi) is 4.32. The first-order valence-corrected chi connectivity index (χ1v) is 8.19. The summed E-state index contributed by atoms with van der Waals surface area (Å²) in [5.74, 6) is 1.01. The van der Waals surface area contributed by atoms with Crippen molar-refractivity contribution in [3.8, 4) is 11.5 Å². The third kappa shape index (κ3) is 2.59. The molecule has 1 aromatic rings. The third-order valence-corrected chi connectivity index (χ3v) is 4.76. The number of nitrogens with zero attached hydrogens (tertiary/aromatic N) is 2. The van der Waals surface area contributed by atoms with Crippen LogP contribution in [0.3, 0.4) is 0 Å². The van der Waals surface area contributed by atoms with Crippen LogP contribution in [0.15, 0.2) is 29.5 Å². The maximum atomic E-state index is 13.0. The highest BCUT2D eigenvalue weighted by atomic mass is 16.5. The molecule has 2 heterocycles. The minimum Gasteiger partial charge on any atom is -0.493 e. The minimum atomic E-state index is -0.569. The SMILES string of the molecule is COc1cccc(C2NC(=O)N(C)C3=C2C(=O)N(C(C)C)C3)c1OC. The second-order valence-electron chi connectivity index (χ2n) is 6.41. The standard InChI is InChI=1S/C18H23N3O4/c1-10(2)21-9-12-14(17(21)22)15(19-18(23)20(12)3)11-7-6-8-13(24-4)16(11)25-5/h6-8,10,15H,9H2,1-5H3,(H,19,23). The molecule has 1 atom stereocenters. The average molecular weight is 345 g/mol.